The standard InChI is InChI=1S/C26H29NO3/c1-20(2)27(26(28)17-21-9-13-24(29-3)14-10-21)18-22-11-15-25(16-12-22)30-19-23-7-5-4-6-8-23/h4-16,20H,17-19H2,1-3H3. The highest BCUT2D eigenvalue weighted by atomic mass is 16.5. The van der Waals surface area contributed by atoms with E-state index in [0.29, 0.717) is 19.6 Å². The molecule has 3 aromatic rings. The van der Waals surface area contributed by atoms with Crippen LogP contribution in [0.25, 0.3) is 0 Å². The van der Waals surface area contributed by atoms with Crippen LogP contribution in [0.3, 0.4) is 0 Å². The second-order valence-electron chi connectivity index (χ2n) is 7.56. The normalized spacial score (nSPS) is 10.7. The largest absolute Gasteiger partial charge is 0.497 e. The van der Waals surface area contributed by atoms with Gasteiger partial charge in [-0.05, 0) is 54.8 Å². The van der Waals surface area contributed by atoms with E-state index in [1.165, 1.54) is 0 Å². The number of rotatable bonds is 9. The van der Waals surface area contributed by atoms with Crippen molar-refractivity contribution in [3.63, 3.8) is 0 Å². The minimum atomic E-state index is 0.111. The smallest absolute Gasteiger partial charge is 0.227 e. The molecule has 0 spiro atoms. The minimum Gasteiger partial charge on any atom is -0.497 e. The average molecular weight is 404 g/mol. The molecule has 3 rings (SSSR count). The summed E-state index contributed by atoms with van der Waals surface area (Å²) in [4.78, 5) is 14.8. The summed E-state index contributed by atoms with van der Waals surface area (Å²) in [6, 6.07) is 25.8. The first-order valence-electron chi connectivity index (χ1n) is 10.2. The van der Waals surface area contributed by atoms with Crippen LogP contribution in [0, 0.1) is 0 Å². The average Bonchev–Trinajstić information content (AvgIpc) is 2.77. The van der Waals surface area contributed by atoms with Crippen LogP contribution in [-0.4, -0.2) is 24.0 Å². The molecule has 3 aromatic carbocycles. The molecule has 0 bridgehead atoms. The summed E-state index contributed by atoms with van der Waals surface area (Å²) >= 11 is 0. The third kappa shape index (κ3) is 6.11. The maximum atomic E-state index is 12.9. The van der Waals surface area contributed by atoms with Crippen LogP contribution in [-0.2, 0) is 24.4 Å². The quantitative estimate of drug-likeness (QED) is 0.490. The molecule has 0 aromatic heterocycles. The first-order valence-corrected chi connectivity index (χ1v) is 10.2. The highest BCUT2D eigenvalue weighted by Gasteiger charge is 2.18. The summed E-state index contributed by atoms with van der Waals surface area (Å²) in [5.74, 6) is 1.73. The molecule has 0 fully saturated rings. The molecule has 0 atom stereocenters. The molecule has 30 heavy (non-hydrogen) atoms. The van der Waals surface area contributed by atoms with Gasteiger partial charge in [0.05, 0.1) is 13.5 Å². The van der Waals surface area contributed by atoms with Crippen molar-refractivity contribution in [2.45, 2.75) is 39.5 Å². The number of ether oxygens (including phenoxy) is 2. The van der Waals surface area contributed by atoms with E-state index in [2.05, 4.69) is 0 Å². The fraction of sp³-hybridized carbons (Fsp3) is 0.269. The van der Waals surface area contributed by atoms with Crippen LogP contribution in [0.4, 0.5) is 0 Å². The van der Waals surface area contributed by atoms with E-state index in [9.17, 15) is 4.79 Å². The molecule has 0 N–H and O–H groups in total. The number of methoxy groups -OCH3 is 1. The highest BCUT2D eigenvalue weighted by molar-refractivity contribution is 5.79. The number of benzene rings is 3. The topological polar surface area (TPSA) is 38.8 Å². The Morgan fingerprint density at radius 3 is 2.00 bits per heavy atom. The summed E-state index contributed by atoms with van der Waals surface area (Å²) in [6.07, 6.45) is 0.375. The fourth-order valence-electron chi connectivity index (χ4n) is 3.21. The van der Waals surface area contributed by atoms with Gasteiger partial charge in [0.2, 0.25) is 5.91 Å². The van der Waals surface area contributed by atoms with Gasteiger partial charge in [0.1, 0.15) is 18.1 Å². The Kier molecular flexibility index (Phi) is 7.50. The molecule has 0 heterocycles. The van der Waals surface area contributed by atoms with Crippen LogP contribution in [0.1, 0.15) is 30.5 Å². The van der Waals surface area contributed by atoms with Gasteiger partial charge < -0.3 is 14.4 Å². The van der Waals surface area contributed by atoms with Gasteiger partial charge in [0, 0.05) is 12.6 Å². The monoisotopic (exact) mass is 403 g/mol. The molecule has 1 amide bonds. The zero-order valence-corrected chi connectivity index (χ0v) is 17.9. The highest BCUT2D eigenvalue weighted by Crippen LogP contribution is 2.18. The molecule has 4 nitrogen and oxygen atoms in total. The molecule has 0 aliphatic rings. The van der Waals surface area contributed by atoms with Crippen molar-refractivity contribution in [3.8, 4) is 11.5 Å². The number of nitrogens with zero attached hydrogens (tertiary/aromatic N) is 1. The molecule has 0 aliphatic heterocycles. The SMILES string of the molecule is COc1ccc(CC(=O)N(Cc2ccc(OCc3ccccc3)cc2)C(C)C)cc1. The van der Waals surface area contributed by atoms with E-state index >= 15 is 0 Å². The second-order valence-corrected chi connectivity index (χ2v) is 7.56. The van der Waals surface area contributed by atoms with Crippen LogP contribution >= 0.6 is 0 Å². The Labute approximate surface area is 179 Å². The van der Waals surface area contributed by atoms with Crippen LogP contribution in [0.15, 0.2) is 78.9 Å². The number of hydrogen-bond acceptors (Lipinski definition) is 3. The van der Waals surface area contributed by atoms with Crippen LogP contribution < -0.4 is 9.47 Å². The van der Waals surface area contributed by atoms with Gasteiger partial charge in [-0.1, -0.05) is 54.6 Å². The molecule has 0 aliphatic carbocycles. The molecule has 0 saturated heterocycles. The van der Waals surface area contributed by atoms with Crippen molar-refractivity contribution >= 4 is 5.91 Å². The van der Waals surface area contributed by atoms with Crippen molar-refractivity contribution in [1.82, 2.24) is 4.90 Å². The lowest BCUT2D eigenvalue weighted by Gasteiger charge is -2.27. The van der Waals surface area contributed by atoms with E-state index in [0.717, 1.165) is 28.2 Å². The Bertz CT molecular complexity index is 919. The molecular formula is C26H29NO3. The van der Waals surface area contributed by atoms with Gasteiger partial charge >= 0.3 is 0 Å². The summed E-state index contributed by atoms with van der Waals surface area (Å²) in [6.45, 7) is 5.21. The Morgan fingerprint density at radius 2 is 1.40 bits per heavy atom. The van der Waals surface area contributed by atoms with Gasteiger partial charge in [-0.3, -0.25) is 4.79 Å². The van der Waals surface area contributed by atoms with Crippen molar-refractivity contribution in [2.24, 2.45) is 0 Å². The van der Waals surface area contributed by atoms with Crippen molar-refractivity contribution in [2.75, 3.05) is 7.11 Å². The third-order valence-electron chi connectivity index (χ3n) is 4.98. The van der Waals surface area contributed by atoms with E-state index in [4.69, 9.17) is 9.47 Å². The Balaban J connectivity index is 1.59. The van der Waals surface area contributed by atoms with E-state index in [1.807, 2.05) is 97.6 Å². The maximum absolute atomic E-state index is 12.9. The molecule has 0 unspecified atom stereocenters. The maximum Gasteiger partial charge on any atom is 0.227 e. The number of carbonyl (C=O) groups excluding carboxylic acids is 1. The zero-order valence-electron chi connectivity index (χ0n) is 17.9. The van der Waals surface area contributed by atoms with Crippen LogP contribution in [0.2, 0.25) is 0 Å². The summed E-state index contributed by atoms with van der Waals surface area (Å²) in [5, 5.41) is 0. The second kappa shape index (κ2) is 10.5. The summed E-state index contributed by atoms with van der Waals surface area (Å²) in [5.41, 5.74) is 3.20. The third-order valence-corrected chi connectivity index (χ3v) is 4.98. The van der Waals surface area contributed by atoms with Crippen molar-refractivity contribution in [3.05, 3.63) is 95.6 Å². The van der Waals surface area contributed by atoms with Gasteiger partial charge in [0.15, 0.2) is 0 Å². The lowest BCUT2D eigenvalue weighted by Crippen LogP contribution is -2.37. The lowest BCUT2D eigenvalue weighted by molar-refractivity contribution is -0.132. The number of amides is 1. The first kappa shape index (κ1) is 21.4. The van der Waals surface area contributed by atoms with E-state index in [1.54, 1.807) is 7.11 Å². The lowest BCUT2D eigenvalue weighted by atomic mass is 10.1. The van der Waals surface area contributed by atoms with Crippen LogP contribution in [0.5, 0.6) is 11.5 Å². The van der Waals surface area contributed by atoms with Crippen molar-refractivity contribution in [1.29, 1.82) is 0 Å². The predicted octanol–water partition coefficient (Wildman–Crippen LogP) is 5.25. The molecule has 0 radical (unpaired) electrons. The predicted molar refractivity (Wildman–Crippen MR) is 120 cm³/mol. The fourth-order valence-corrected chi connectivity index (χ4v) is 3.21. The Hall–Kier alpha value is -3.27. The molecule has 4 heteroatoms. The molecule has 156 valence electrons. The minimum absolute atomic E-state index is 0.111. The first-order chi connectivity index (χ1) is 14.5. The number of carbonyl (C=O) groups is 1. The van der Waals surface area contributed by atoms with Gasteiger partial charge in [-0.15, -0.1) is 0 Å². The molecular weight excluding hydrogens is 374 g/mol. The number of hydrogen-bond donors (Lipinski definition) is 0. The summed E-state index contributed by atoms with van der Waals surface area (Å²) in [7, 11) is 1.64. The van der Waals surface area contributed by atoms with Gasteiger partial charge in [-0.2, -0.15) is 0 Å². The summed E-state index contributed by atoms with van der Waals surface area (Å²) < 4.78 is 11.0. The van der Waals surface area contributed by atoms with Gasteiger partial charge in [-0.25, -0.2) is 0 Å². The van der Waals surface area contributed by atoms with E-state index < -0.39 is 0 Å². The van der Waals surface area contributed by atoms with E-state index in [-0.39, 0.29) is 11.9 Å². The van der Waals surface area contributed by atoms with Crippen molar-refractivity contribution < 1.29 is 14.3 Å². The molecule has 0 saturated carbocycles. The Morgan fingerprint density at radius 1 is 0.800 bits per heavy atom. The van der Waals surface area contributed by atoms with Gasteiger partial charge in [0.25, 0.3) is 0 Å². The zero-order chi connectivity index (χ0) is 21.3.